The number of rotatable bonds is 5. The summed E-state index contributed by atoms with van der Waals surface area (Å²) < 4.78 is 13.3. The Kier molecular flexibility index (Phi) is 5.61. The maximum atomic E-state index is 13.3. The largest absolute Gasteiger partial charge is 0.271 e. The van der Waals surface area contributed by atoms with Crippen LogP contribution < -0.4 is 11.3 Å². The Morgan fingerprint density at radius 3 is 2.74 bits per heavy atom. The molecule has 1 aliphatic carbocycles. The SMILES string of the molecule is NNC(CCC1CCCCC1)c1cc(F)ccc1Cl. The fourth-order valence-corrected chi connectivity index (χ4v) is 3.24. The summed E-state index contributed by atoms with van der Waals surface area (Å²) in [6, 6.07) is 4.39. The second-order valence-electron chi connectivity index (χ2n) is 5.47. The van der Waals surface area contributed by atoms with Gasteiger partial charge in [0.25, 0.3) is 0 Å². The van der Waals surface area contributed by atoms with Crippen molar-refractivity contribution >= 4 is 11.6 Å². The summed E-state index contributed by atoms with van der Waals surface area (Å²) in [4.78, 5) is 0. The van der Waals surface area contributed by atoms with Crippen LogP contribution in [0.3, 0.4) is 0 Å². The van der Waals surface area contributed by atoms with Crippen LogP contribution in [0.4, 0.5) is 4.39 Å². The molecule has 0 amide bonds. The van der Waals surface area contributed by atoms with Crippen molar-refractivity contribution in [3.63, 3.8) is 0 Å². The molecule has 1 aromatic carbocycles. The van der Waals surface area contributed by atoms with Crippen molar-refractivity contribution in [2.75, 3.05) is 0 Å². The van der Waals surface area contributed by atoms with Gasteiger partial charge in [0, 0.05) is 11.1 Å². The van der Waals surface area contributed by atoms with E-state index in [1.54, 1.807) is 6.07 Å². The molecule has 2 nitrogen and oxygen atoms in total. The first-order valence-electron chi connectivity index (χ1n) is 7.12. The molecule has 0 heterocycles. The molecular formula is C15H22ClFN2. The van der Waals surface area contributed by atoms with Gasteiger partial charge in [-0.15, -0.1) is 0 Å². The summed E-state index contributed by atoms with van der Waals surface area (Å²) in [5.74, 6) is 6.13. The maximum absolute atomic E-state index is 13.3. The zero-order valence-corrected chi connectivity index (χ0v) is 11.9. The topological polar surface area (TPSA) is 38.0 Å². The summed E-state index contributed by atoms with van der Waals surface area (Å²) in [6.45, 7) is 0. The van der Waals surface area contributed by atoms with E-state index in [0.29, 0.717) is 5.02 Å². The van der Waals surface area contributed by atoms with Gasteiger partial charge in [0.15, 0.2) is 0 Å². The van der Waals surface area contributed by atoms with Gasteiger partial charge in [-0.2, -0.15) is 0 Å². The van der Waals surface area contributed by atoms with Crippen molar-refractivity contribution in [1.29, 1.82) is 0 Å². The van der Waals surface area contributed by atoms with Crippen LogP contribution in [0.1, 0.15) is 56.6 Å². The summed E-state index contributed by atoms with van der Waals surface area (Å²) >= 11 is 6.13. The lowest BCUT2D eigenvalue weighted by molar-refractivity contribution is 0.315. The summed E-state index contributed by atoms with van der Waals surface area (Å²) in [6.07, 6.45) is 8.71. The number of hydrogen-bond donors (Lipinski definition) is 2. The first-order valence-corrected chi connectivity index (χ1v) is 7.49. The minimum absolute atomic E-state index is 0.0647. The molecule has 19 heavy (non-hydrogen) atoms. The number of hydrogen-bond acceptors (Lipinski definition) is 2. The van der Waals surface area contributed by atoms with Crippen molar-refractivity contribution in [1.82, 2.24) is 5.43 Å². The Hall–Kier alpha value is -0.640. The van der Waals surface area contributed by atoms with Gasteiger partial charge in [-0.3, -0.25) is 11.3 Å². The molecule has 1 aromatic rings. The standard InChI is InChI=1S/C15H22ClFN2/c16-14-8-7-12(17)10-13(14)15(19-18)9-6-11-4-2-1-3-5-11/h7-8,10-11,15,19H,1-6,9,18H2. The summed E-state index contributed by atoms with van der Waals surface area (Å²) in [7, 11) is 0. The fraction of sp³-hybridized carbons (Fsp3) is 0.600. The van der Waals surface area contributed by atoms with Crippen molar-refractivity contribution in [3.8, 4) is 0 Å². The van der Waals surface area contributed by atoms with E-state index in [1.807, 2.05) is 0 Å². The van der Waals surface area contributed by atoms with Crippen molar-refractivity contribution in [2.45, 2.75) is 51.0 Å². The third kappa shape index (κ3) is 4.16. The van der Waals surface area contributed by atoms with E-state index in [9.17, 15) is 4.39 Å². The van der Waals surface area contributed by atoms with Crippen LogP contribution in [0.25, 0.3) is 0 Å². The van der Waals surface area contributed by atoms with Gasteiger partial charge < -0.3 is 0 Å². The molecule has 0 aromatic heterocycles. The smallest absolute Gasteiger partial charge is 0.123 e. The van der Waals surface area contributed by atoms with Gasteiger partial charge in [0.05, 0.1) is 0 Å². The molecule has 1 fully saturated rings. The zero-order valence-electron chi connectivity index (χ0n) is 11.2. The molecule has 4 heteroatoms. The Labute approximate surface area is 119 Å². The van der Waals surface area contributed by atoms with Crippen molar-refractivity contribution < 1.29 is 4.39 Å². The van der Waals surface area contributed by atoms with Gasteiger partial charge in [-0.1, -0.05) is 43.7 Å². The van der Waals surface area contributed by atoms with Crippen LogP contribution in [0.15, 0.2) is 18.2 Å². The van der Waals surface area contributed by atoms with Crippen LogP contribution in [0.2, 0.25) is 5.02 Å². The molecule has 1 unspecified atom stereocenters. The van der Waals surface area contributed by atoms with Crippen LogP contribution in [-0.2, 0) is 0 Å². The first-order chi connectivity index (χ1) is 9.20. The lowest BCUT2D eigenvalue weighted by Crippen LogP contribution is -2.29. The second kappa shape index (κ2) is 7.22. The summed E-state index contributed by atoms with van der Waals surface area (Å²) in [5.41, 5.74) is 3.54. The molecule has 0 bridgehead atoms. The predicted molar refractivity (Wildman–Crippen MR) is 77.3 cm³/mol. The van der Waals surface area contributed by atoms with Gasteiger partial charge in [0.1, 0.15) is 5.82 Å². The molecule has 0 saturated heterocycles. The molecule has 1 saturated carbocycles. The Bertz CT molecular complexity index is 405. The monoisotopic (exact) mass is 284 g/mol. The van der Waals surface area contributed by atoms with Crippen LogP contribution in [0, 0.1) is 11.7 Å². The lowest BCUT2D eigenvalue weighted by Gasteiger charge is -2.24. The van der Waals surface area contributed by atoms with Gasteiger partial charge in [-0.25, -0.2) is 4.39 Å². The highest BCUT2D eigenvalue weighted by Gasteiger charge is 2.18. The minimum atomic E-state index is -0.266. The number of nitrogens with one attached hydrogen (secondary N) is 1. The van der Waals surface area contributed by atoms with E-state index < -0.39 is 0 Å². The lowest BCUT2D eigenvalue weighted by atomic mass is 9.84. The quantitative estimate of drug-likeness (QED) is 0.623. The Morgan fingerprint density at radius 2 is 2.05 bits per heavy atom. The average Bonchev–Trinajstić information content (AvgIpc) is 2.44. The van der Waals surface area contributed by atoms with Crippen LogP contribution in [0.5, 0.6) is 0 Å². The molecule has 0 radical (unpaired) electrons. The average molecular weight is 285 g/mol. The zero-order chi connectivity index (χ0) is 13.7. The number of halogens is 2. The van der Waals surface area contributed by atoms with E-state index in [1.165, 1.54) is 44.2 Å². The molecule has 1 aliphatic rings. The molecule has 0 aliphatic heterocycles. The molecule has 2 rings (SSSR count). The molecular weight excluding hydrogens is 263 g/mol. The summed E-state index contributed by atoms with van der Waals surface area (Å²) in [5, 5.41) is 0.577. The molecule has 0 spiro atoms. The number of hydrazine groups is 1. The molecule has 106 valence electrons. The Morgan fingerprint density at radius 1 is 1.32 bits per heavy atom. The Balaban J connectivity index is 1.97. The van der Waals surface area contributed by atoms with E-state index in [0.717, 1.165) is 24.3 Å². The van der Waals surface area contributed by atoms with E-state index in [2.05, 4.69) is 5.43 Å². The highest BCUT2D eigenvalue weighted by molar-refractivity contribution is 6.31. The normalized spacial score (nSPS) is 18.5. The molecule has 3 N–H and O–H groups in total. The van der Waals surface area contributed by atoms with E-state index >= 15 is 0 Å². The first kappa shape index (κ1) is 14.8. The van der Waals surface area contributed by atoms with Crippen LogP contribution >= 0.6 is 11.6 Å². The van der Waals surface area contributed by atoms with Gasteiger partial charge in [0.2, 0.25) is 0 Å². The van der Waals surface area contributed by atoms with Gasteiger partial charge >= 0.3 is 0 Å². The highest BCUT2D eigenvalue weighted by Crippen LogP contribution is 2.32. The second-order valence-corrected chi connectivity index (χ2v) is 5.87. The fourth-order valence-electron chi connectivity index (χ4n) is 2.99. The highest BCUT2D eigenvalue weighted by atomic mass is 35.5. The maximum Gasteiger partial charge on any atom is 0.123 e. The predicted octanol–water partition coefficient (Wildman–Crippen LogP) is 4.34. The van der Waals surface area contributed by atoms with E-state index in [4.69, 9.17) is 17.4 Å². The number of nitrogens with two attached hydrogens (primary N) is 1. The third-order valence-corrected chi connectivity index (χ3v) is 4.47. The minimum Gasteiger partial charge on any atom is -0.271 e. The third-order valence-electron chi connectivity index (χ3n) is 4.12. The van der Waals surface area contributed by atoms with E-state index in [-0.39, 0.29) is 11.9 Å². The number of benzene rings is 1. The van der Waals surface area contributed by atoms with Crippen molar-refractivity contribution in [2.24, 2.45) is 11.8 Å². The molecule has 1 atom stereocenters. The van der Waals surface area contributed by atoms with Crippen LogP contribution in [-0.4, -0.2) is 0 Å². The van der Waals surface area contributed by atoms with Gasteiger partial charge in [-0.05, 0) is 42.5 Å². The van der Waals surface area contributed by atoms with Crippen molar-refractivity contribution in [3.05, 3.63) is 34.6 Å².